The Hall–Kier alpha value is -3.21. The molecule has 0 N–H and O–H groups in total. The second-order valence-electron chi connectivity index (χ2n) is 8.94. The van der Waals surface area contributed by atoms with Gasteiger partial charge in [0.15, 0.2) is 0 Å². The summed E-state index contributed by atoms with van der Waals surface area (Å²) in [4.78, 5) is 20.9. The van der Waals surface area contributed by atoms with Gasteiger partial charge in [-0.2, -0.15) is 0 Å². The van der Waals surface area contributed by atoms with Crippen LogP contribution in [-0.4, -0.2) is 22.5 Å². The number of hydrogen-bond acceptors (Lipinski definition) is 5. The summed E-state index contributed by atoms with van der Waals surface area (Å²) < 4.78 is 11.1. The zero-order valence-electron chi connectivity index (χ0n) is 21.2. The molecule has 0 aliphatic heterocycles. The molecule has 0 unspecified atom stereocenters. The van der Waals surface area contributed by atoms with E-state index in [4.69, 9.17) is 9.47 Å². The third-order valence-corrected chi connectivity index (χ3v) is 6.03. The van der Waals surface area contributed by atoms with Gasteiger partial charge in [-0.05, 0) is 54.7 Å². The lowest BCUT2D eigenvalue weighted by molar-refractivity contribution is 0.0719. The molecular weight excluding hydrogens is 436 g/mol. The first-order chi connectivity index (χ1) is 17.2. The number of aromatic nitrogens is 2. The summed E-state index contributed by atoms with van der Waals surface area (Å²) in [7, 11) is 0. The van der Waals surface area contributed by atoms with Crippen LogP contribution >= 0.6 is 0 Å². The van der Waals surface area contributed by atoms with Gasteiger partial charge in [0.25, 0.3) is 0 Å². The van der Waals surface area contributed by atoms with Gasteiger partial charge in [0.2, 0.25) is 0 Å². The molecule has 0 fully saturated rings. The number of carbonyl (C=O) groups excluding carboxylic acids is 1. The first-order valence-electron chi connectivity index (χ1n) is 13.1. The van der Waals surface area contributed by atoms with E-state index >= 15 is 0 Å². The maximum Gasteiger partial charge on any atom is 0.345 e. The number of esters is 1. The normalized spacial score (nSPS) is 10.8. The predicted octanol–water partition coefficient (Wildman–Crippen LogP) is 7.83. The molecule has 0 saturated carbocycles. The molecule has 0 aliphatic carbocycles. The quantitative estimate of drug-likeness (QED) is 0.166. The van der Waals surface area contributed by atoms with Gasteiger partial charge in [-0.15, -0.1) is 0 Å². The van der Waals surface area contributed by atoms with Crippen molar-refractivity contribution in [3.05, 3.63) is 72.1 Å². The van der Waals surface area contributed by atoms with Crippen molar-refractivity contribution in [1.29, 1.82) is 0 Å². The van der Waals surface area contributed by atoms with Crippen molar-refractivity contribution < 1.29 is 14.3 Å². The minimum absolute atomic E-state index is 0.0405. The molecule has 2 aromatic carbocycles. The number of nitrogens with zero attached hydrogens (tertiary/aromatic N) is 2. The van der Waals surface area contributed by atoms with Crippen molar-refractivity contribution in [2.75, 3.05) is 6.61 Å². The van der Waals surface area contributed by atoms with Gasteiger partial charge in [0.05, 0.1) is 12.2 Å². The summed E-state index contributed by atoms with van der Waals surface area (Å²) in [5.41, 5.74) is 3.72. The van der Waals surface area contributed by atoms with Crippen LogP contribution in [0.15, 0.2) is 60.9 Å². The highest BCUT2D eigenvalue weighted by Gasteiger charge is 2.11. The number of hydrogen-bond donors (Lipinski definition) is 0. The van der Waals surface area contributed by atoms with Gasteiger partial charge in [-0.3, -0.25) is 0 Å². The maximum absolute atomic E-state index is 12.5. The first-order valence-corrected chi connectivity index (χ1v) is 13.1. The second-order valence-corrected chi connectivity index (χ2v) is 8.94. The standard InChI is InChI=1S/C30H38N2O3/c1-3-5-7-9-10-12-24-13-15-25(16-14-24)27-22-31-30(32-23-27)35-29(33)26-17-19-28(20-18-26)34-21-11-8-6-4-2/h13-20,22-23H,3-12,21H2,1-2H3. The summed E-state index contributed by atoms with van der Waals surface area (Å²) >= 11 is 0. The minimum Gasteiger partial charge on any atom is -0.494 e. The molecule has 186 valence electrons. The SMILES string of the molecule is CCCCCCCc1ccc(-c2cnc(OC(=O)c3ccc(OCCCCCC)cc3)nc2)cc1. The molecule has 0 bridgehead atoms. The molecule has 5 heteroatoms. The highest BCUT2D eigenvalue weighted by molar-refractivity contribution is 5.90. The van der Waals surface area contributed by atoms with Crippen LogP contribution in [0.4, 0.5) is 0 Å². The monoisotopic (exact) mass is 474 g/mol. The van der Waals surface area contributed by atoms with Crippen LogP contribution in [-0.2, 0) is 6.42 Å². The summed E-state index contributed by atoms with van der Waals surface area (Å²) in [6, 6.07) is 15.5. The molecule has 1 heterocycles. The first kappa shape index (κ1) is 26.4. The fourth-order valence-electron chi connectivity index (χ4n) is 3.86. The van der Waals surface area contributed by atoms with Crippen LogP contribution in [0.1, 0.15) is 87.6 Å². The second kappa shape index (κ2) is 14.9. The number of benzene rings is 2. The molecule has 35 heavy (non-hydrogen) atoms. The summed E-state index contributed by atoms with van der Waals surface area (Å²) in [6.45, 7) is 5.11. The lowest BCUT2D eigenvalue weighted by Crippen LogP contribution is -2.10. The van der Waals surface area contributed by atoms with Crippen molar-refractivity contribution >= 4 is 5.97 Å². The van der Waals surface area contributed by atoms with E-state index in [1.54, 1.807) is 36.7 Å². The number of aryl methyl sites for hydroxylation is 1. The molecule has 0 atom stereocenters. The molecular formula is C30H38N2O3. The molecule has 0 amide bonds. The zero-order chi connectivity index (χ0) is 24.7. The molecule has 0 radical (unpaired) electrons. The highest BCUT2D eigenvalue weighted by Crippen LogP contribution is 2.21. The maximum atomic E-state index is 12.5. The summed E-state index contributed by atoms with van der Waals surface area (Å²) in [5, 5.41) is 0. The molecule has 5 nitrogen and oxygen atoms in total. The van der Waals surface area contributed by atoms with Crippen LogP contribution in [0.2, 0.25) is 0 Å². The van der Waals surface area contributed by atoms with E-state index in [1.165, 1.54) is 56.9 Å². The lowest BCUT2D eigenvalue weighted by Gasteiger charge is -2.07. The Morgan fingerprint density at radius 3 is 2.00 bits per heavy atom. The topological polar surface area (TPSA) is 61.3 Å². The Morgan fingerprint density at radius 1 is 0.714 bits per heavy atom. The number of carbonyl (C=O) groups is 1. The molecule has 0 aliphatic rings. The molecule has 1 aromatic heterocycles. The van der Waals surface area contributed by atoms with Crippen LogP contribution < -0.4 is 9.47 Å². The molecule has 3 aromatic rings. The van der Waals surface area contributed by atoms with Gasteiger partial charge in [-0.1, -0.05) is 83.1 Å². The van der Waals surface area contributed by atoms with Gasteiger partial charge >= 0.3 is 12.0 Å². The fraction of sp³-hybridized carbons (Fsp3) is 0.433. The zero-order valence-corrected chi connectivity index (χ0v) is 21.2. The van der Waals surface area contributed by atoms with E-state index < -0.39 is 5.97 Å². The lowest BCUT2D eigenvalue weighted by atomic mass is 10.0. The van der Waals surface area contributed by atoms with E-state index in [1.807, 2.05) is 0 Å². The average molecular weight is 475 g/mol. The average Bonchev–Trinajstić information content (AvgIpc) is 2.90. The van der Waals surface area contributed by atoms with Crippen molar-refractivity contribution in [3.8, 4) is 22.9 Å². The van der Waals surface area contributed by atoms with Crippen molar-refractivity contribution in [2.45, 2.75) is 78.1 Å². The van der Waals surface area contributed by atoms with E-state index in [0.717, 1.165) is 29.7 Å². The Bertz CT molecular complexity index is 999. The fourth-order valence-corrected chi connectivity index (χ4v) is 3.86. The van der Waals surface area contributed by atoms with Crippen LogP contribution in [0.25, 0.3) is 11.1 Å². The third-order valence-electron chi connectivity index (χ3n) is 6.03. The predicted molar refractivity (Wildman–Crippen MR) is 141 cm³/mol. The Kier molecular flexibility index (Phi) is 11.3. The molecule has 0 spiro atoms. The van der Waals surface area contributed by atoms with E-state index in [9.17, 15) is 4.79 Å². The van der Waals surface area contributed by atoms with Crippen molar-refractivity contribution in [3.63, 3.8) is 0 Å². The molecule has 3 rings (SSSR count). The summed E-state index contributed by atoms with van der Waals surface area (Å²) in [5.74, 6) is 0.261. The Balaban J connectivity index is 1.47. The van der Waals surface area contributed by atoms with Gasteiger partial charge < -0.3 is 9.47 Å². The van der Waals surface area contributed by atoms with Crippen LogP contribution in [0.5, 0.6) is 11.8 Å². The Labute approximate surface area is 209 Å². The third kappa shape index (κ3) is 9.16. The minimum atomic E-state index is -0.490. The molecule has 0 saturated heterocycles. The largest absolute Gasteiger partial charge is 0.494 e. The van der Waals surface area contributed by atoms with Gasteiger partial charge in [-0.25, -0.2) is 14.8 Å². The van der Waals surface area contributed by atoms with Crippen LogP contribution in [0, 0.1) is 0 Å². The number of unbranched alkanes of at least 4 members (excludes halogenated alkanes) is 7. The van der Waals surface area contributed by atoms with Gasteiger partial charge in [0, 0.05) is 18.0 Å². The highest BCUT2D eigenvalue weighted by atomic mass is 16.5. The van der Waals surface area contributed by atoms with E-state index in [2.05, 4.69) is 48.1 Å². The van der Waals surface area contributed by atoms with Crippen LogP contribution in [0.3, 0.4) is 0 Å². The number of rotatable bonds is 15. The summed E-state index contributed by atoms with van der Waals surface area (Å²) in [6.07, 6.45) is 15.6. The van der Waals surface area contributed by atoms with Crippen molar-refractivity contribution in [2.24, 2.45) is 0 Å². The number of ether oxygens (including phenoxy) is 2. The van der Waals surface area contributed by atoms with E-state index in [-0.39, 0.29) is 6.01 Å². The van der Waals surface area contributed by atoms with E-state index in [0.29, 0.717) is 12.2 Å². The van der Waals surface area contributed by atoms with Gasteiger partial charge in [0.1, 0.15) is 5.75 Å². The van der Waals surface area contributed by atoms with Crippen molar-refractivity contribution in [1.82, 2.24) is 9.97 Å². The Morgan fingerprint density at radius 2 is 1.34 bits per heavy atom. The smallest absolute Gasteiger partial charge is 0.345 e.